The highest BCUT2D eigenvalue weighted by Crippen LogP contribution is 2.01. The maximum atomic E-state index is 11.5. The zero-order chi connectivity index (χ0) is 12.0. The Hall–Kier alpha value is -0.660. The maximum absolute atomic E-state index is 11.5. The molecule has 0 saturated heterocycles. The first-order valence-corrected chi connectivity index (χ1v) is 7.09. The summed E-state index contributed by atoms with van der Waals surface area (Å²) < 4.78 is 25.5. The van der Waals surface area contributed by atoms with Crippen molar-refractivity contribution in [3.8, 4) is 0 Å². The van der Waals surface area contributed by atoms with Gasteiger partial charge in [0.15, 0.2) is 0 Å². The molecule has 0 spiro atoms. The van der Waals surface area contributed by atoms with Gasteiger partial charge in [0.05, 0.1) is 5.75 Å². The summed E-state index contributed by atoms with van der Waals surface area (Å²) in [5.41, 5.74) is 0. The molecule has 1 aromatic rings. The van der Waals surface area contributed by atoms with Crippen LogP contribution in [0.3, 0.4) is 0 Å². The Bertz CT molecular complexity index is 392. The van der Waals surface area contributed by atoms with E-state index in [-0.39, 0.29) is 11.7 Å². The fourth-order valence-corrected chi connectivity index (χ4v) is 2.79. The van der Waals surface area contributed by atoms with Gasteiger partial charge in [0.2, 0.25) is 10.0 Å². The Morgan fingerprint density at radius 1 is 1.62 bits per heavy atom. The molecule has 0 aliphatic heterocycles. The van der Waals surface area contributed by atoms with Gasteiger partial charge in [0.1, 0.15) is 12.2 Å². The van der Waals surface area contributed by atoms with Gasteiger partial charge in [-0.3, -0.25) is 5.10 Å². The van der Waals surface area contributed by atoms with Crippen LogP contribution in [0.25, 0.3) is 0 Å². The Kier molecular flexibility index (Phi) is 5.17. The van der Waals surface area contributed by atoms with E-state index in [0.717, 1.165) is 0 Å². The average Bonchev–Trinajstić information content (AvgIpc) is 2.69. The van der Waals surface area contributed by atoms with E-state index in [1.165, 1.54) is 6.33 Å². The first-order valence-electron chi connectivity index (χ1n) is 4.91. The Balaban J connectivity index is 2.31. The van der Waals surface area contributed by atoms with E-state index in [1.54, 1.807) is 6.92 Å². The number of sulfonamides is 1. The molecule has 1 rings (SSSR count). The summed E-state index contributed by atoms with van der Waals surface area (Å²) in [6.45, 7) is 2.11. The highest BCUT2D eigenvalue weighted by atomic mass is 35.5. The first kappa shape index (κ1) is 13.4. The second kappa shape index (κ2) is 6.17. The van der Waals surface area contributed by atoms with Crippen molar-refractivity contribution < 1.29 is 8.42 Å². The van der Waals surface area contributed by atoms with Gasteiger partial charge in [0.25, 0.3) is 0 Å². The number of aromatic nitrogens is 3. The molecule has 0 bridgehead atoms. The number of nitrogens with zero attached hydrogens (tertiary/aromatic N) is 2. The van der Waals surface area contributed by atoms with Crippen LogP contribution in [0, 0.1) is 5.92 Å². The van der Waals surface area contributed by atoms with E-state index in [9.17, 15) is 8.42 Å². The fourth-order valence-electron chi connectivity index (χ4n) is 1.15. The average molecular weight is 267 g/mol. The van der Waals surface area contributed by atoms with Gasteiger partial charge in [0, 0.05) is 18.8 Å². The van der Waals surface area contributed by atoms with Crippen LogP contribution in [-0.2, 0) is 16.4 Å². The van der Waals surface area contributed by atoms with E-state index >= 15 is 0 Å². The molecule has 1 heterocycles. The van der Waals surface area contributed by atoms with Crippen LogP contribution in [0.2, 0.25) is 0 Å². The number of hydrogen-bond donors (Lipinski definition) is 2. The van der Waals surface area contributed by atoms with Gasteiger partial charge in [-0.25, -0.2) is 18.1 Å². The molecule has 0 amide bonds. The van der Waals surface area contributed by atoms with Crippen molar-refractivity contribution in [2.75, 3.05) is 18.2 Å². The van der Waals surface area contributed by atoms with Gasteiger partial charge >= 0.3 is 0 Å². The molecule has 6 nitrogen and oxygen atoms in total. The molecular weight excluding hydrogens is 252 g/mol. The van der Waals surface area contributed by atoms with Crippen molar-refractivity contribution in [2.45, 2.75) is 13.3 Å². The summed E-state index contributed by atoms with van der Waals surface area (Å²) in [6, 6.07) is 0. The molecule has 0 radical (unpaired) electrons. The Labute approximate surface area is 99.9 Å². The lowest BCUT2D eigenvalue weighted by Gasteiger charge is -2.09. The molecule has 0 aliphatic rings. The molecular formula is C8H15ClN4O2S. The largest absolute Gasteiger partial charge is 0.263 e. The predicted molar refractivity (Wildman–Crippen MR) is 61.8 cm³/mol. The third kappa shape index (κ3) is 4.91. The maximum Gasteiger partial charge on any atom is 0.211 e. The Morgan fingerprint density at radius 3 is 2.94 bits per heavy atom. The standard InChI is InChI=1S/C8H15ClN4O2S/c1-7(4-9)5-16(14,15)12-3-2-8-10-6-11-13-8/h6-7,12H,2-5H2,1H3,(H,10,11,13). The first-order chi connectivity index (χ1) is 7.53. The summed E-state index contributed by atoms with van der Waals surface area (Å²) in [7, 11) is -3.24. The van der Waals surface area contributed by atoms with E-state index < -0.39 is 10.0 Å². The Morgan fingerprint density at radius 2 is 2.38 bits per heavy atom. The number of alkyl halides is 1. The van der Waals surface area contributed by atoms with E-state index in [0.29, 0.717) is 24.7 Å². The van der Waals surface area contributed by atoms with Crippen LogP contribution in [0.15, 0.2) is 6.33 Å². The number of H-pyrrole nitrogens is 1. The summed E-state index contributed by atoms with van der Waals surface area (Å²) >= 11 is 5.56. The lowest BCUT2D eigenvalue weighted by molar-refractivity contribution is 0.568. The molecule has 92 valence electrons. The minimum atomic E-state index is -3.24. The molecule has 1 unspecified atom stereocenters. The summed E-state index contributed by atoms with van der Waals surface area (Å²) in [4.78, 5) is 3.89. The molecule has 0 fully saturated rings. The zero-order valence-corrected chi connectivity index (χ0v) is 10.6. The van der Waals surface area contributed by atoms with E-state index in [1.807, 2.05) is 0 Å². The minimum Gasteiger partial charge on any atom is -0.263 e. The van der Waals surface area contributed by atoms with Gasteiger partial charge in [-0.15, -0.1) is 11.6 Å². The highest BCUT2D eigenvalue weighted by Gasteiger charge is 2.14. The van der Waals surface area contributed by atoms with Crippen molar-refractivity contribution in [2.24, 2.45) is 5.92 Å². The number of nitrogens with one attached hydrogen (secondary N) is 2. The molecule has 1 aromatic heterocycles. The quantitative estimate of drug-likeness (QED) is 0.688. The molecule has 8 heteroatoms. The normalized spacial score (nSPS) is 13.9. The van der Waals surface area contributed by atoms with Gasteiger partial charge < -0.3 is 0 Å². The van der Waals surface area contributed by atoms with Crippen LogP contribution in [0.4, 0.5) is 0 Å². The van der Waals surface area contributed by atoms with Crippen LogP contribution >= 0.6 is 11.6 Å². The van der Waals surface area contributed by atoms with Crippen molar-refractivity contribution in [3.05, 3.63) is 12.2 Å². The smallest absolute Gasteiger partial charge is 0.211 e. The SMILES string of the molecule is CC(CCl)CS(=O)(=O)NCCc1ncn[nH]1. The number of rotatable bonds is 7. The van der Waals surface area contributed by atoms with Crippen molar-refractivity contribution in [1.82, 2.24) is 19.9 Å². The summed E-state index contributed by atoms with van der Waals surface area (Å²) in [5.74, 6) is 0.994. The fraction of sp³-hybridized carbons (Fsp3) is 0.750. The molecule has 1 atom stereocenters. The van der Waals surface area contributed by atoms with Crippen LogP contribution in [0.5, 0.6) is 0 Å². The van der Waals surface area contributed by atoms with E-state index in [2.05, 4.69) is 19.9 Å². The van der Waals surface area contributed by atoms with Gasteiger partial charge in [-0.2, -0.15) is 5.10 Å². The second-order valence-electron chi connectivity index (χ2n) is 3.62. The van der Waals surface area contributed by atoms with Crippen molar-refractivity contribution >= 4 is 21.6 Å². The van der Waals surface area contributed by atoms with Crippen LogP contribution < -0.4 is 4.72 Å². The molecule has 2 N–H and O–H groups in total. The van der Waals surface area contributed by atoms with Crippen LogP contribution in [-0.4, -0.2) is 41.8 Å². The molecule has 0 aliphatic carbocycles. The topological polar surface area (TPSA) is 87.7 Å². The summed E-state index contributed by atoms with van der Waals surface area (Å²) in [5, 5.41) is 6.33. The van der Waals surface area contributed by atoms with E-state index in [4.69, 9.17) is 11.6 Å². The molecule has 0 aromatic carbocycles. The third-order valence-corrected chi connectivity index (χ3v) is 4.09. The number of hydrogen-bond acceptors (Lipinski definition) is 4. The zero-order valence-electron chi connectivity index (χ0n) is 8.98. The monoisotopic (exact) mass is 266 g/mol. The molecule has 0 saturated carbocycles. The second-order valence-corrected chi connectivity index (χ2v) is 5.78. The summed E-state index contributed by atoms with van der Waals surface area (Å²) in [6.07, 6.45) is 1.88. The lowest BCUT2D eigenvalue weighted by atomic mass is 10.3. The molecule has 16 heavy (non-hydrogen) atoms. The van der Waals surface area contributed by atoms with Gasteiger partial charge in [-0.1, -0.05) is 6.92 Å². The number of halogens is 1. The third-order valence-electron chi connectivity index (χ3n) is 1.92. The predicted octanol–water partition coefficient (Wildman–Crippen LogP) is 0.141. The number of aromatic amines is 1. The van der Waals surface area contributed by atoms with Crippen LogP contribution in [0.1, 0.15) is 12.7 Å². The lowest BCUT2D eigenvalue weighted by Crippen LogP contribution is -2.31. The van der Waals surface area contributed by atoms with Crippen molar-refractivity contribution in [3.63, 3.8) is 0 Å². The van der Waals surface area contributed by atoms with Crippen molar-refractivity contribution in [1.29, 1.82) is 0 Å². The van der Waals surface area contributed by atoms with Gasteiger partial charge in [-0.05, 0) is 5.92 Å². The highest BCUT2D eigenvalue weighted by molar-refractivity contribution is 7.89. The minimum absolute atomic E-state index is 0.0485.